The van der Waals surface area contributed by atoms with Crippen molar-refractivity contribution < 1.29 is 38.0 Å². The van der Waals surface area contributed by atoms with Crippen LogP contribution in [-0.4, -0.2) is 84.6 Å². The predicted octanol–water partition coefficient (Wildman–Crippen LogP) is 4.57. The molecule has 2 aromatic rings. The number of benzene rings is 2. The summed E-state index contributed by atoms with van der Waals surface area (Å²) in [6, 6.07) is 16.1. The largest absolute Gasteiger partial charge is 0.491 e. The fraction of sp³-hybridized carbons (Fsp3) is 0.600. The van der Waals surface area contributed by atoms with Gasteiger partial charge in [-0.15, -0.1) is 0 Å². The van der Waals surface area contributed by atoms with Gasteiger partial charge in [0, 0.05) is 13.0 Å². The maximum absolute atomic E-state index is 11.9. The van der Waals surface area contributed by atoms with E-state index in [1.54, 1.807) is 0 Å². The van der Waals surface area contributed by atoms with E-state index in [2.05, 4.69) is 29.6 Å². The summed E-state index contributed by atoms with van der Waals surface area (Å²) in [7, 11) is 0. The van der Waals surface area contributed by atoms with E-state index in [0.29, 0.717) is 59.0 Å². The summed E-state index contributed by atoms with van der Waals surface area (Å²) in [5, 5.41) is 2.70. The zero-order chi connectivity index (χ0) is 32.9. The molecule has 0 saturated carbocycles. The fourth-order valence-corrected chi connectivity index (χ4v) is 4.39. The van der Waals surface area contributed by atoms with Gasteiger partial charge in [-0.25, -0.2) is 4.79 Å². The molecule has 0 unspecified atom stereocenters. The van der Waals surface area contributed by atoms with Crippen LogP contribution in [-0.2, 0) is 36.6 Å². The molecule has 11 nitrogen and oxygen atoms in total. The highest BCUT2D eigenvalue weighted by Gasteiger charge is 2.05. The van der Waals surface area contributed by atoms with Crippen LogP contribution in [0.1, 0.15) is 62.5 Å². The number of ether oxygens (including phenoxy) is 6. The van der Waals surface area contributed by atoms with Crippen molar-refractivity contribution in [1.82, 2.24) is 5.32 Å². The third-order valence-electron chi connectivity index (χ3n) is 6.96. The number of carbonyl (C=O) groups is 2. The van der Waals surface area contributed by atoms with E-state index in [0.717, 1.165) is 76.0 Å². The maximum atomic E-state index is 11.9. The van der Waals surface area contributed by atoms with Crippen molar-refractivity contribution in [2.24, 2.45) is 11.5 Å². The number of rotatable bonds is 28. The van der Waals surface area contributed by atoms with Crippen LogP contribution in [0.15, 0.2) is 48.5 Å². The Kier molecular flexibility index (Phi) is 22.6. The molecule has 11 heteroatoms. The third-order valence-corrected chi connectivity index (χ3v) is 6.96. The molecule has 0 saturated heterocycles. The second kappa shape index (κ2) is 26.8. The summed E-state index contributed by atoms with van der Waals surface area (Å²) in [6.07, 6.45) is 8.36. The zero-order valence-electron chi connectivity index (χ0n) is 27.4. The van der Waals surface area contributed by atoms with E-state index in [1.165, 1.54) is 11.1 Å². The maximum Gasteiger partial charge on any atom is 0.407 e. The summed E-state index contributed by atoms with van der Waals surface area (Å²) in [5.41, 5.74) is 13.6. The molecule has 5 N–H and O–H groups in total. The highest BCUT2D eigenvalue weighted by atomic mass is 16.6. The van der Waals surface area contributed by atoms with Crippen molar-refractivity contribution in [3.63, 3.8) is 0 Å². The minimum atomic E-state index is -0.483. The van der Waals surface area contributed by atoms with E-state index in [-0.39, 0.29) is 19.2 Å². The second-order valence-electron chi connectivity index (χ2n) is 10.8. The number of unbranched alkanes of at least 4 members (excludes halogenated alkanes) is 4. The number of nitrogens with one attached hydrogen (secondary N) is 1. The molecule has 0 aliphatic heterocycles. The SMILES string of the molecule is NCCCCc1ccc(OCCOCCOC(=O)CCCCCNC(=O)OCCOCCOc2ccc(CCCCN)cc2)cc1. The van der Waals surface area contributed by atoms with Gasteiger partial charge in [-0.1, -0.05) is 30.7 Å². The Labute approximate surface area is 274 Å². The molecule has 0 heterocycles. The molecule has 1 amide bonds. The van der Waals surface area contributed by atoms with Gasteiger partial charge < -0.3 is 45.2 Å². The summed E-state index contributed by atoms with van der Waals surface area (Å²) < 4.78 is 32.6. The molecule has 2 rings (SSSR count). The van der Waals surface area contributed by atoms with Crippen LogP contribution in [0.5, 0.6) is 11.5 Å². The lowest BCUT2D eigenvalue weighted by molar-refractivity contribution is -0.145. The molecule has 0 atom stereocenters. The zero-order valence-corrected chi connectivity index (χ0v) is 27.4. The first-order chi connectivity index (χ1) is 22.6. The molecule has 46 heavy (non-hydrogen) atoms. The number of hydrogen-bond acceptors (Lipinski definition) is 10. The van der Waals surface area contributed by atoms with E-state index in [4.69, 9.17) is 39.9 Å². The summed E-state index contributed by atoms with van der Waals surface area (Å²) in [6.45, 7) is 4.59. The van der Waals surface area contributed by atoms with Crippen LogP contribution in [0.2, 0.25) is 0 Å². The Morgan fingerprint density at radius 1 is 0.543 bits per heavy atom. The Morgan fingerprint density at radius 2 is 1.04 bits per heavy atom. The summed E-state index contributed by atoms with van der Waals surface area (Å²) >= 11 is 0. The van der Waals surface area contributed by atoms with E-state index in [9.17, 15) is 9.59 Å². The van der Waals surface area contributed by atoms with Gasteiger partial charge in [0.05, 0.1) is 26.4 Å². The van der Waals surface area contributed by atoms with Crippen LogP contribution in [0.3, 0.4) is 0 Å². The van der Waals surface area contributed by atoms with Crippen molar-refractivity contribution >= 4 is 12.1 Å². The first kappa shape index (κ1) is 38.8. The summed E-state index contributed by atoms with van der Waals surface area (Å²) in [4.78, 5) is 23.7. The molecular weight excluding hydrogens is 590 g/mol. The average molecular weight is 646 g/mol. The topological polar surface area (TPSA) is 154 Å². The second-order valence-corrected chi connectivity index (χ2v) is 10.8. The number of hydrogen-bond donors (Lipinski definition) is 3. The number of nitrogens with two attached hydrogens (primary N) is 2. The molecule has 0 aromatic heterocycles. The van der Waals surface area contributed by atoms with Crippen molar-refractivity contribution in [1.29, 1.82) is 0 Å². The predicted molar refractivity (Wildman–Crippen MR) is 178 cm³/mol. The number of aryl methyl sites for hydroxylation is 2. The van der Waals surface area contributed by atoms with Crippen LogP contribution in [0, 0.1) is 0 Å². The smallest absolute Gasteiger partial charge is 0.407 e. The number of alkyl carbamates (subject to hydrolysis) is 1. The molecule has 0 bridgehead atoms. The highest BCUT2D eigenvalue weighted by molar-refractivity contribution is 5.69. The molecule has 0 fully saturated rings. The average Bonchev–Trinajstić information content (AvgIpc) is 3.07. The monoisotopic (exact) mass is 645 g/mol. The first-order valence-electron chi connectivity index (χ1n) is 16.7. The first-order valence-corrected chi connectivity index (χ1v) is 16.7. The number of amides is 1. The van der Waals surface area contributed by atoms with Crippen molar-refractivity contribution in [3.8, 4) is 11.5 Å². The van der Waals surface area contributed by atoms with Gasteiger partial charge >= 0.3 is 12.1 Å². The molecule has 0 radical (unpaired) electrons. The summed E-state index contributed by atoms with van der Waals surface area (Å²) in [5.74, 6) is 1.35. The van der Waals surface area contributed by atoms with Crippen molar-refractivity contribution in [2.45, 2.75) is 64.2 Å². The minimum absolute atomic E-state index is 0.163. The fourth-order valence-electron chi connectivity index (χ4n) is 4.39. The van der Waals surface area contributed by atoms with Crippen LogP contribution < -0.4 is 26.3 Å². The number of esters is 1. The molecule has 258 valence electrons. The van der Waals surface area contributed by atoms with Gasteiger partial charge in [-0.3, -0.25) is 4.79 Å². The van der Waals surface area contributed by atoms with Gasteiger partial charge in [-0.2, -0.15) is 0 Å². The molecule has 0 aliphatic rings. The standard InChI is InChI=1S/C35H55N3O8/c36-19-5-3-8-30-11-15-32(16-12-30)43-26-22-41-24-28-45-34(39)10-2-1-7-21-38-35(40)46-29-25-42-23-27-44-33-17-13-31(14-18-33)9-4-6-20-37/h11-18H,1-10,19-29,36-37H2,(H,38,40). The van der Waals surface area contributed by atoms with Crippen LogP contribution in [0.4, 0.5) is 4.79 Å². The minimum Gasteiger partial charge on any atom is -0.491 e. The van der Waals surface area contributed by atoms with Gasteiger partial charge in [0.15, 0.2) is 0 Å². The van der Waals surface area contributed by atoms with Gasteiger partial charge in [0.25, 0.3) is 0 Å². The van der Waals surface area contributed by atoms with Gasteiger partial charge in [0.2, 0.25) is 0 Å². The molecule has 0 spiro atoms. The number of carbonyl (C=O) groups excluding carboxylic acids is 2. The molecular formula is C35H55N3O8. The highest BCUT2D eigenvalue weighted by Crippen LogP contribution is 2.15. The van der Waals surface area contributed by atoms with Crippen LogP contribution in [0.25, 0.3) is 0 Å². The van der Waals surface area contributed by atoms with Crippen LogP contribution >= 0.6 is 0 Å². The Morgan fingerprint density at radius 3 is 1.57 bits per heavy atom. The quantitative estimate of drug-likeness (QED) is 0.0886. The lowest BCUT2D eigenvalue weighted by Crippen LogP contribution is -2.26. The van der Waals surface area contributed by atoms with Crippen molar-refractivity contribution in [2.75, 3.05) is 72.5 Å². The third kappa shape index (κ3) is 20.6. The molecule has 0 aliphatic carbocycles. The Balaban J connectivity index is 1.32. The van der Waals surface area contributed by atoms with E-state index in [1.807, 2.05) is 24.3 Å². The van der Waals surface area contributed by atoms with Crippen molar-refractivity contribution in [3.05, 3.63) is 59.7 Å². The Bertz CT molecular complexity index is 954. The van der Waals surface area contributed by atoms with Gasteiger partial charge in [-0.05, 0) is 99.8 Å². The molecule has 2 aromatic carbocycles. The lowest BCUT2D eigenvalue weighted by atomic mass is 10.1. The normalized spacial score (nSPS) is 10.8. The lowest BCUT2D eigenvalue weighted by Gasteiger charge is -2.09. The Hall–Kier alpha value is -3.38. The van der Waals surface area contributed by atoms with E-state index < -0.39 is 6.09 Å². The van der Waals surface area contributed by atoms with E-state index >= 15 is 0 Å². The van der Waals surface area contributed by atoms with Gasteiger partial charge in [0.1, 0.15) is 37.9 Å².